The minimum absolute atomic E-state index is 0.0158. The van der Waals surface area contributed by atoms with Crippen LogP contribution in [-0.4, -0.2) is 33.6 Å². The Hall–Kier alpha value is -2.46. The van der Waals surface area contributed by atoms with E-state index in [4.69, 9.17) is 4.74 Å². The molecule has 10 heteroatoms. The van der Waals surface area contributed by atoms with Gasteiger partial charge >= 0.3 is 18.5 Å². The van der Waals surface area contributed by atoms with Gasteiger partial charge in [-0.05, 0) is 53.9 Å². The molecule has 1 unspecified atom stereocenters. The van der Waals surface area contributed by atoms with Crippen LogP contribution in [0.25, 0.3) is 5.57 Å². The summed E-state index contributed by atoms with van der Waals surface area (Å²) in [5, 5.41) is 43.6. The first-order valence-corrected chi connectivity index (χ1v) is 11.0. The van der Waals surface area contributed by atoms with Gasteiger partial charge in [-0.15, -0.1) is 0 Å². The van der Waals surface area contributed by atoms with E-state index in [-0.39, 0.29) is 35.2 Å². The molecule has 0 radical (unpaired) electrons. The van der Waals surface area contributed by atoms with Crippen LogP contribution in [0, 0.1) is 42.9 Å². The summed E-state index contributed by atoms with van der Waals surface area (Å²) in [6.45, 7) is 13.1. The Morgan fingerprint density at radius 3 is 2.38 bits per heavy atom. The number of fused-ring (bicyclic) bond motifs is 2. The van der Waals surface area contributed by atoms with Crippen LogP contribution in [0.4, 0.5) is 11.4 Å². The highest BCUT2D eigenvalue weighted by molar-refractivity contribution is 6.62. The maximum absolute atomic E-state index is 11.8. The Kier molecular flexibility index (Phi) is 6.41. The zero-order valence-corrected chi connectivity index (χ0v) is 19.1. The lowest BCUT2D eigenvalue weighted by Gasteiger charge is -2.53. The molecular formula is C22H31BN2O7. The van der Waals surface area contributed by atoms with Crippen LogP contribution in [0.5, 0.6) is 5.75 Å². The molecule has 1 aliphatic heterocycles. The average molecular weight is 446 g/mol. The minimum Gasteiger partial charge on any atom is -0.493 e. The molecule has 3 atom stereocenters. The molecule has 1 saturated carbocycles. The highest BCUT2D eigenvalue weighted by atomic mass is 16.6. The number of hydrogen-bond donors (Lipinski definition) is 2. The van der Waals surface area contributed by atoms with Crippen LogP contribution < -0.4 is 10.2 Å². The second-order valence-electron chi connectivity index (χ2n) is 10.2. The van der Waals surface area contributed by atoms with Crippen LogP contribution in [0.3, 0.4) is 0 Å². The molecule has 3 rings (SSSR count). The van der Waals surface area contributed by atoms with Gasteiger partial charge in [-0.3, -0.25) is 20.2 Å². The maximum atomic E-state index is 11.8. The molecule has 1 aliphatic carbocycles. The van der Waals surface area contributed by atoms with Crippen molar-refractivity contribution in [2.24, 2.45) is 22.7 Å². The summed E-state index contributed by atoms with van der Waals surface area (Å²) in [6.07, 6.45) is 4.63. The molecule has 1 fully saturated rings. The maximum Gasteiger partial charge on any atom is 0.499 e. The zero-order valence-electron chi connectivity index (χ0n) is 19.1. The number of benzene rings is 1. The summed E-state index contributed by atoms with van der Waals surface area (Å²) in [5.74, 6) is 0.245. The van der Waals surface area contributed by atoms with Crippen molar-refractivity contribution in [2.75, 3.05) is 6.61 Å². The van der Waals surface area contributed by atoms with E-state index in [1.807, 2.05) is 6.92 Å². The van der Waals surface area contributed by atoms with Gasteiger partial charge in [-0.2, -0.15) is 0 Å². The zero-order chi connectivity index (χ0) is 24.0. The number of allylic oxidation sites excluding steroid dienone is 1. The lowest BCUT2D eigenvalue weighted by molar-refractivity contribution is -0.421. The fraction of sp³-hybridized carbons (Fsp3) is 0.636. The SMILES string of the molecule is C=C1c2cc([N+](=O)[O-])c([N+](=O)[O-])c(B(O)O)c2OCC(C)CC[C@@H]2C(C)(C)CCC[C@@]12C. The summed E-state index contributed by atoms with van der Waals surface area (Å²) in [4.78, 5) is 21.7. The smallest absolute Gasteiger partial charge is 0.493 e. The largest absolute Gasteiger partial charge is 0.499 e. The van der Waals surface area contributed by atoms with Crippen molar-refractivity contribution in [3.8, 4) is 5.75 Å². The standard InChI is InChI=1S/C22H31BN2O7/c1-13-7-8-17-21(3,4)9-6-10-22(17,5)14(2)15-11-16(24(28)29)19(25(30)31)18(23(26)27)20(15)32-12-13/h11,13,17,26-27H,2,6-10,12H2,1,3-5H3/t13?,17-,22+/m1/s1. The molecule has 32 heavy (non-hydrogen) atoms. The molecule has 2 aliphatic rings. The molecule has 0 aromatic heterocycles. The van der Waals surface area contributed by atoms with Crippen LogP contribution >= 0.6 is 0 Å². The quantitative estimate of drug-likeness (QED) is 0.409. The van der Waals surface area contributed by atoms with Crippen molar-refractivity contribution < 1.29 is 24.6 Å². The van der Waals surface area contributed by atoms with Crippen LogP contribution in [0.1, 0.15) is 65.4 Å². The Bertz CT molecular complexity index is 962. The Morgan fingerprint density at radius 1 is 1.16 bits per heavy atom. The van der Waals surface area contributed by atoms with E-state index in [2.05, 4.69) is 27.4 Å². The van der Waals surface area contributed by atoms with Gasteiger partial charge in [0.1, 0.15) is 11.2 Å². The molecule has 0 amide bonds. The highest BCUT2D eigenvalue weighted by Crippen LogP contribution is 2.59. The fourth-order valence-corrected chi connectivity index (χ4v) is 5.87. The van der Waals surface area contributed by atoms with Crippen LogP contribution in [0.15, 0.2) is 12.6 Å². The first-order valence-electron chi connectivity index (χ1n) is 11.0. The number of hydrogen-bond acceptors (Lipinski definition) is 7. The summed E-state index contributed by atoms with van der Waals surface area (Å²) >= 11 is 0. The molecule has 2 N–H and O–H groups in total. The van der Waals surface area contributed by atoms with Gasteiger partial charge in [-0.1, -0.05) is 40.7 Å². The lowest BCUT2D eigenvalue weighted by Crippen LogP contribution is -2.44. The van der Waals surface area contributed by atoms with E-state index in [1.165, 1.54) is 0 Å². The van der Waals surface area contributed by atoms with Crippen molar-refractivity contribution in [1.29, 1.82) is 0 Å². The molecule has 1 heterocycles. The summed E-state index contributed by atoms with van der Waals surface area (Å²) in [7, 11) is -2.32. The first kappa shape index (κ1) is 24.2. The van der Waals surface area contributed by atoms with Gasteiger partial charge in [0.2, 0.25) is 0 Å². The van der Waals surface area contributed by atoms with Crippen molar-refractivity contribution in [3.05, 3.63) is 38.4 Å². The third-order valence-corrected chi connectivity index (χ3v) is 7.61. The average Bonchev–Trinajstić information content (AvgIpc) is 2.68. The summed E-state index contributed by atoms with van der Waals surface area (Å²) in [5.41, 5.74) is -1.96. The molecule has 1 aromatic carbocycles. The first-order chi connectivity index (χ1) is 14.8. The van der Waals surface area contributed by atoms with E-state index in [0.29, 0.717) is 5.57 Å². The van der Waals surface area contributed by atoms with Gasteiger partial charge in [-0.25, -0.2) is 0 Å². The van der Waals surface area contributed by atoms with E-state index >= 15 is 0 Å². The molecule has 0 bridgehead atoms. The highest BCUT2D eigenvalue weighted by Gasteiger charge is 2.50. The number of nitro groups is 2. The second kappa shape index (κ2) is 8.48. The second-order valence-corrected chi connectivity index (χ2v) is 10.2. The number of nitro benzene ring substituents is 2. The fourth-order valence-electron chi connectivity index (χ4n) is 5.87. The normalized spacial score (nSPS) is 27.5. The lowest BCUT2D eigenvalue weighted by atomic mass is 9.52. The molecular weight excluding hydrogens is 415 g/mol. The van der Waals surface area contributed by atoms with Gasteiger partial charge < -0.3 is 14.8 Å². The summed E-state index contributed by atoms with van der Waals surface area (Å²) < 4.78 is 5.93. The van der Waals surface area contributed by atoms with E-state index < -0.39 is 39.2 Å². The van der Waals surface area contributed by atoms with Gasteiger partial charge in [0.05, 0.1) is 16.5 Å². The minimum atomic E-state index is -2.32. The number of rotatable bonds is 3. The van der Waals surface area contributed by atoms with Crippen molar-refractivity contribution in [2.45, 2.75) is 59.8 Å². The van der Waals surface area contributed by atoms with Crippen LogP contribution in [-0.2, 0) is 0 Å². The van der Waals surface area contributed by atoms with Crippen molar-refractivity contribution in [3.63, 3.8) is 0 Å². The Morgan fingerprint density at radius 2 is 1.81 bits per heavy atom. The topological polar surface area (TPSA) is 136 Å². The number of nitrogens with zero attached hydrogens (tertiary/aromatic N) is 2. The molecule has 0 saturated heterocycles. The predicted molar refractivity (Wildman–Crippen MR) is 122 cm³/mol. The van der Waals surface area contributed by atoms with Gasteiger partial charge in [0.15, 0.2) is 0 Å². The summed E-state index contributed by atoms with van der Waals surface area (Å²) in [6, 6.07) is 1.12. The van der Waals surface area contributed by atoms with E-state index in [9.17, 15) is 30.3 Å². The third-order valence-electron chi connectivity index (χ3n) is 7.61. The Balaban J connectivity index is 2.37. The van der Waals surface area contributed by atoms with Gasteiger partial charge in [0, 0.05) is 11.6 Å². The monoisotopic (exact) mass is 446 g/mol. The van der Waals surface area contributed by atoms with E-state index in [1.54, 1.807) is 0 Å². The predicted octanol–water partition coefficient (Wildman–Crippen LogP) is 3.84. The molecule has 9 nitrogen and oxygen atoms in total. The number of ether oxygens (including phenoxy) is 1. The molecule has 1 aromatic rings. The van der Waals surface area contributed by atoms with Crippen molar-refractivity contribution >= 4 is 29.5 Å². The van der Waals surface area contributed by atoms with Crippen LogP contribution in [0.2, 0.25) is 0 Å². The molecule has 0 spiro atoms. The van der Waals surface area contributed by atoms with Gasteiger partial charge in [0.25, 0.3) is 0 Å². The third kappa shape index (κ3) is 4.01. The van der Waals surface area contributed by atoms with E-state index in [0.717, 1.165) is 38.2 Å². The molecule has 174 valence electrons. The van der Waals surface area contributed by atoms with Crippen molar-refractivity contribution in [1.82, 2.24) is 0 Å². The Labute approximate surface area is 187 Å².